The van der Waals surface area contributed by atoms with Crippen LogP contribution in [0.4, 0.5) is 0 Å². The van der Waals surface area contributed by atoms with Crippen molar-refractivity contribution in [3.8, 4) is 0 Å². The first-order valence-electron chi connectivity index (χ1n) is 5.15. The van der Waals surface area contributed by atoms with Crippen molar-refractivity contribution < 1.29 is 9.90 Å². The average molecular weight is 210 g/mol. The molecule has 5 nitrogen and oxygen atoms in total. The first-order chi connectivity index (χ1) is 7.11. The molecule has 2 rings (SSSR count). The smallest absolute Gasteiger partial charge is 0.343 e. The molecule has 2 N–H and O–H groups in total. The van der Waals surface area contributed by atoms with Gasteiger partial charge in [-0.05, 0) is 19.8 Å². The summed E-state index contributed by atoms with van der Waals surface area (Å²) in [5.74, 6) is -1.15. The predicted octanol–water partition coefficient (Wildman–Crippen LogP) is 1.30. The normalized spacial score (nSPS) is 17.1. The van der Waals surface area contributed by atoms with Gasteiger partial charge in [0, 0.05) is 5.69 Å². The number of carboxylic acid groups (broad SMARTS) is 1. The Morgan fingerprint density at radius 1 is 1.47 bits per heavy atom. The van der Waals surface area contributed by atoms with Crippen LogP contribution < -0.4 is 5.56 Å². The fourth-order valence-corrected chi connectivity index (χ4v) is 2.24. The lowest BCUT2D eigenvalue weighted by Gasteiger charge is -2.08. The van der Waals surface area contributed by atoms with Gasteiger partial charge in [-0.1, -0.05) is 12.8 Å². The molecule has 0 saturated heterocycles. The minimum absolute atomic E-state index is 0.123. The van der Waals surface area contributed by atoms with Crippen LogP contribution in [-0.2, 0) is 0 Å². The van der Waals surface area contributed by atoms with E-state index in [0.717, 1.165) is 25.7 Å². The maximum Gasteiger partial charge on any atom is 0.343 e. The van der Waals surface area contributed by atoms with Gasteiger partial charge in [0.2, 0.25) is 0 Å². The van der Waals surface area contributed by atoms with Gasteiger partial charge in [0.25, 0.3) is 5.56 Å². The van der Waals surface area contributed by atoms with E-state index in [1.165, 1.54) is 4.68 Å². The molecule has 1 aromatic heterocycles. The van der Waals surface area contributed by atoms with Gasteiger partial charge in [-0.3, -0.25) is 9.89 Å². The molecular weight excluding hydrogens is 196 g/mol. The second-order valence-electron chi connectivity index (χ2n) is 4.03. The maximum absolute atomic E-state index is 11.8. The largest absolute Gasteiger partial charge is 0.477 e. The molecular formula is C10H14N2O3. The van der Waals surface area contributed by atoms with Crippen molar-refractivity contribution in [2.24, 2.45) is 0 Å². The molecule has 5 heteroatoms. The third kappa shape index (κ3) is 1.58. The third-order valence-corrected chi connectivity index (χ3v) is 3.00. The van der Waals surface area contributed by atoms with Gasteiger partial charge in [0.15, 0.2) is 0 Å². The van der Waals surface area contributed by atoms with Crippen molar-refractivity contribution in [2.45, 2.75) is 38.6 Å². The number of hydrogen-bond donors (Lipinski definition) is 2. The maximum atomic E-state index is 11.8. The molecule has 1 aliphatic rings. The molecule has 0 aromatic carbocycles. The summed E-state index contributed by atoms with van der Waals surface area (Å²) in [7, 11) is 0. The molecule has 0 bridgehead atoms. The number of carbonyl (C=O) groups is 1. The van der Waals surface area contributed by atoms with Crippen molar-refractivity contribution in [3.63, 3.8) is 0 Å². The van der Waals surface area contributed by atoms with Crippen LogP contribution in [0.3, 0.4) is 0 Å². The predicted molar refractivity (Wildman–Crippen MR) is 54.3 cm³/mol. The zero-order valence-corrected chi connectivity index (χ0v) is 8.62. The van der Waals surface area contributed by atoms with Crippen LogP contribution in [0.15, 0.2) is 4.79 Å². The number of aromatic nitrogens is 2. The Balaban J connectivity index is 2.45. The van der Waals surface area contributed by atoms with Crippen LogP contribution in [0.2, 0.25) is 0 Å². The molecule has 0 spiro atoms. The van der Waals surface area contributed by atoms with E-state index >= 15 is 0 Å². The number of aromatic amines is 1. The summed E-state index contributed by atoms with van der Waals surface area (Å²) in [6.45, 7) is 1.62. The van der Waals surface area contributed by atoms with Crippen molar-refractivity contribution in [1.29, 1.82) is 0 Å². The highest BCUT2D eigenvalue weighted by molar-refractivity contribution is 5.88. The van der Waals surface area contributed by atoms with Crippen molar-refractivity contribution >= 4 is 5.97 Å². The Morgan fingerprint density at radius 2 is 2.07 bits per heavy atom. The van der Waals surface area contributed by atoms with E-state index in [4.69, 9.17) is 5.11 Å². The van der Waals surface area contributed by atoms with Crippen LogP contribution >= 0.6 is 0 Å². The highest BCUT2D eigenvalue weighted by atomic mass is 16.4. The summed E-state index contributed by atoms with van der Waals surface area (Å²) >= 11 is 0. The Morgan fingerprint density at radius 3 is 2.53 bits per heavy atom. The van der Waals surface area contributed by atoms with Crippen LogP contribution in [-0.4, -0.2) is 20.9 Å². The van der Waals surface area contributed by atoms with E-state index in [1.54, 1.807) is 6.92 Å². The van der Waals surface area contributed by atoms with Gasteiger partial charge < -0.3 is 5.11 Å². The van der Waals surface area contributed by atoms with Gasteiger partial charge in [-0.15, -0.1) is 0 Å². The van der Waals surface area contributed by atoms with E-state index < -0.39 is 11.5 Å². The number of nitrogens with one attached hydrogen (secondary N) is 1. The number of aryl methyl sites for hydroxylation is 1. The fourth-order valence-electron chi connectivity index (χ4n) is 2.24. The van der Waals surface area contributed by atoms with Gasteiger partial charge in [0.05, 0.1) is 6.04 Å². The van der Waals surface area contributed by atoms with E-state index in [9.17, 15) is 9.59 Å². The molecule has 15 heavy (non-hydrogen) atoms. The van der Waals surface area contributed by atoms with Crippen LogP contribution in [0.25, 0.3) is 0 Å². The Bertz CT molecular complexity index is 438. The molecule has 1 aromatic rings. The minimum atomic E-state index is -1.15. The fraction of sp³-hybridized carbons (Fsp3) is 0.600. The Hall–Kier alpha value is -1.52. The molecule has 82 valence electrons. The first kappa shape index (κ1) is 10.0. The quantitative estimate of drug-likeness (QED) is 0.772. The lowest BCUT2D eigenvalue weighted by molar-refractivity contribution is 0.0694. The Kier molecular flexibility index (Phi) is 2.38. The van der Waals surface area contributed by atoms with E-state index in [0.29, 0.717) is 5.69 Å². The van der Waals surface area contributed by atoms with E-state index in [2.05, 4.69) is 5.10 Å². The Labute approximate surface area is 86.7 Å². The number of nitrogens with zero attached hydrogens (tertiary/aromatic N) is 1. The molecule has 1 aliphatic carbocycles. The SMILES string of the molecule is Cc1[nH]n(C2CCCC2)c(=O)c1C(=O)O. The zero-order chi connectivity index (χ0) is 11.0. The molecule has 0 atom stereocenters. The summed E-state index contributed by atoms with van der Waals surface area (Å²) in [5.41, 5.74) is -0.0757. The summed E-state index contributed by atoms with van der Waals surface area (Å²) < 4.78 is 1.48. The van der Waals surface area contributed by atoms with Crippen molar-refractivity contribution in [2.75, 3.05) is 0 Å². The molecule has 1 saturated carbocycles. The minimum Gasteiger partial charge on any atom is -0.477 e. The molecule has 1 heterocycles. The van der Waals surface area contributed by atoms with E-state index in [-0.39, 0.29) is 11.6 Å². The van der Waals surface area contributed by atoms with Gasteiger partial charge >= 0.3 is 5.97 Å². The second-order valence-corrected chi connectivity index (χ2v) is 4.03. The van der Waals surface area contributed by atoms with Crippen LogP contribution in [0, 0.1) is 6.92 Å². The second kappa shape index (κ2) is 3.56. The zero-order valence-electron chi connectivity index (χ0n) is 8.62. The molecule has 0 aliphatic heterocycles. The number of H-pyrrole nitrogens is 1. The van der Waals surface area contributed by atoms with Crippen molar-refractivity contribution in [3.05, 3.63) is 21.6 Å². The lowest BCUT2D eigenvalue weighted by atomic mass is 10.2. The highest BCUT2D eigenvalue weighted by Gasteiger charge is 2.24. The van der Waals surface area contributed by atoms with Crippen molar-refractivity contribution in [1.82, 2.24) is 9.78 Å². The average Bonchev–Trinajstić information content (AvgIpc) is 2.72. The lowest BCUT2D eigenvalue weighted by Crippen LogP contribution is -2.24. The standard InChI is InChI=1S/C10H14N2O3/c1-6-8(10(14)15)9(13)12(11-6)7-4-2-3-5-7/h7,11H,2-5H2,1H3,(H,14,15). The third-order valence-electron chi connectivity index (χ3n) is 3.00. The number of hydrogen-bond acceptors (Lipinski definition) is 2. The molecule has 0 unspecified atom stereocenters. The highest BCUT2D eigenvalue weighted by Crippen LogP contribution is 2.27. The molecule has 0 radical (unpaired) electrons. The molecule has 1 fully saturated rings. The summed E-state index contributed by atoms with van der Waals surface area (Å²) in [6.07, 6.45) is 4.13. The summed E-state index contributed by atoms with van der Waals surface area (Å²) in [6, 6.07) is 0.157. The number of rotatable bonds is 2. The summed E-state index contributed by atoms with van der Waals surface area (Å²) in [4.78, 5) is 22.6. The number of carboxylic acids is 1. The summed E-state index contributed by atoms with van der Waals surface area (Å²) in [5, 5.41) is 11.7. The first-order valence-corrected chi connectivity index (χ1v) is 5.15. The van der Waals surface area contributed by atoms with Gasteiger partial charge in [-0.25, -0.2) is 9.48 Å². The number of aromatic carboxylic acids is 1. The topological polar surface area (TPSA) is 75.1 Å². The van der Waals surface area contributed by atoms with Crippen LogP contribution in [0.5, 0.6) is 0 Å². The monoisotopic (exact) mass is 210 g/mol. The van der Waals surface area contributed by atoms with Crippen LogP contribution in [0.1, 0.15) is 47.8 Å². The van der Waals surface area contributed by atoms with Gasteiger partial charge in [0.1, 0.15) is 5.56 Å². The van der Waals surface area contributed by atoms with Gasteiger partial charge in [-0.2, -0.15) is 0 Å². The molecule has 0 amide bonds. The van der Waals surface area contributed by atoms with E-state index in [1.807, 2.05) is 0 Å².